The zero-order valence-electron chi connectivity index (χ0n) is 9.36. The highest BCUT2D eigenvalue weighted by Crippen LogP contribution is 2.25. The van der Waals surface area contributed by atoms with E-state index in [9.17, 15) is 0 Å². The van der Waals surface area contributed by atoms with Gasteiger partial charge in [-0.15, -0.1) is 0 Å². The van der Waals surface area contributed by atoms with Gasteiger partial charge in [0.15, 0.2) is 0 Å². The minimum atomic E-state index is 0.540. The molecule has 0 aromatic carbocycles. The fourth-order valence-electron chi connectivity index (χ4n) is 2.25. The Morgan fingerprint density at radius 3 is 3.12 bits per heavy atom. The van der Waals surface area contributed by atoms with Gasteiger partial charge in [-0.1, -0.05) is 19.1 Å². The number of pyridine rings is 1. The number of hydrogen-bond acceptors (Lipinski definition) is 3. The molecule has 84 valence electrons. The smallest absolute Gasteiger partial charge is 0.123 e. The number of anilines is 1. The number of H-pyrrole nitrogens is 1. The van der Waals surface area contributed by atoms with Crippen molar-refractivity contribution >= 4 is 17.9 Å². The summed E-state index contributed by atoms with van der Waals surface area (Å²) in [6.45, 7) is 4.30. The first kappa shape index (κ1) is 11.2. The molecule has 0 aliphatic carbocycles. The zero-order valence-corrected chi connectivity index (χ0v) is 10.2. The Morgan fingerprint density at radius 2 is 2.44 bits per heavy atom. The summed E-state index contributed by atoms with van der Waals surface area (Å²) in [6.07, 6.45) is 4.28. The lowest BCUT2D eigenvalue weighted by atomic mass is 9.99. The van der Waals surface area contributed by atoms with Crippen LogP contribution < -0.4 is 4.90 Å². The molecule has 1 unspecified atom stereocenters. The summed E-state index contributed by atoms with van der Waals surface area (Å²) >= 11 is 5.13. The summed E-state index contributed by atoms with van der Waals surface area (Å²) in [7, 11) is 0. The van der Waals surface area contributed by atoms with Gasteiger partial charge in [-0.2, -0.15) is 5.26 Å². The highest BCUT2D eigenvalue weighted by molar-refractivity contribution is 7.71. The van der Waals surface area contributed by atoms with E-state index in [1.54, 1.807) is 0 Å². The number of nitriles is 1. The second-order valence-electron chi connectivity index (χ2n) is 4.37. The largest absolute Gasteiger partial charge is 0.370 e. The standard InChI is InChI=1S/C12H15N3S/c1-9-3-2-6-15(8-9)11-4-5-14-12(16)10(11)7-13/h4-5,9H,2-3,6,8H2,1H3,(H,14,16). The number of aromatic amines is 1. The maximum Gasteiger partial charge on any atom is 0.123 e. The van der Waals surface area contributed by atoms with Gasteiger partial charge in [0.05, 0.1) is 5.69 Å². The van der Waals surface area contributed by atoms with Crippen molar-refractivity contribution in [3.8, 4) is 6.07 Å². The van der Waals surface area contributed by atoms with Gasteiger partial charge in [-0.3, -0.25) is 0 Å². The van der Waals surface area contributed by atoms with Gasteiger partial charge in [0.2, 0.25) is 0 Å². The number of nitrogens with zero attached hydrogens (tertiary/aromatic N) is 2. The fraction of sp³-hybridized carbons (Fsp3) is 0.500. The molecule has 2 heterocycles. The van der Waals surface area contributed by atoms with Gasteiger partial charge in [0.25, 0.3) is 0 Å². The van der Waals surface area contributed by atoms with Crippen LogP contribution in [0.1, 0.15) is 25.3 Å². The maximum absolute atomic E-state index is 9.13. The van der Waals surface area contributed by atoms with Crippen LogP contribution in [0.4, 0.5) is 5.69 Å². The number of aromatic nitrogens is 1. The van der Waals surface area contributed by atoms with Crippen LogP contribution in [-0.4, -0.2) is 18.1 Å². The van der Waals surface area contributed by atoms with E-state index >= 15 is 0 Å². The minimum absolute atomic E-state index is 0.540. The van der Waals surface area contributed by atoms with E-state index in [0.717, 1.165) is 18.8 Å². The normalized spacial score (nSPS) is 20.5. The predicted octanol–water partition coefficient (Wildman–Crippen LogP) is 2.85. The van der Waals surface area contributed by atoms with E-state index in [-0.39, 0.29) is 0 Å². The first-order chi connectivity index (χ1) is 7.72. The lowest BCUT2D eigenvalue weighted by Crippen LogP contribution is -2.34. The third-order valence-corrected chi connectivity index (χ3v) is 3.37. The Balaban J connectivity index is 2.37. The summed E-state index contributed by atoms with van der Waals surface area (Å²) < 4.78 is 0.540. The predicted molar refractivity (Wildman–Crippen MR) is 67.0 cm³/mol. The number of nitrogens with one attached hydrogen (secondary N) is 1. The lowest BCUT2D eigenvalue weighted by Gasteiger charge is -2.33. The van der Waals surface area contributed by atoms with E-state index in [0.29, 0.717) is 16.1 Å². The highest BCUT2D eigenvalue weighted by Gasteiger charge is 2.19. The summed E-state index contributed by atoms with van der Waals surface area (Å²) in [6, 6.07) is 4.15. The van der Waals surface area contributed by atoms with Gasteiger partial charge < -0.3 is 9.88 Å². The van der Waals surface area contributed by atoms with Crippen LogP contribution in [0.3, 0.4) is 0 Å². The molecule has 0 saturated carbocycles. The Kier molecular flexibility index (Phi) is 3.25. The van der Waals surface area contributed by atoms with Crippen LogP contribution in [0, 0.1) is 21.9 Å². The summed E-state index contributed by atoms with van der Waals surface area (Å²) in [5, 5.41) is 9.13. The molecule has 0 spiro atoms. The van der Waals surface area contributed by atoms with Crippen LogP contribution in [0.15, 0.2) is 12.3 Å². The van der Waals surface area contributed by atoms with Gasteiger partial charge in [-0.25, -0.2) is 0 Å². The summed E-state index contributed by atoms with van der Waals surface area (Å²) in [5.74, 6) is 0.693. The van der Waals surface area contributed by atoms with Gasteiger partial charge >= 0.3 is 0 Å². The van der Waals surface area contributed by atoms with Crippen molar-refractivity contribution in [3.05, 3.63) is 22.5 Å². The number of hydrogen-bond donors (Lipinski definition) is 1. The molecule has 4 heteroatoms. The molecule has 16 heavy (non-hydrogen) atoms. The third-order valence-electron chi connectivity index (χ3n) is 3.05. The molecule has 1 aliphatic rings. The van der Waals surface area contributed by atoms with Crippen molar-refractivity contribution in [1.29, 1.82) is 5.26 Å². The summed E-state index contributed by atoms with van der Waals surface area (Å²) in [4.78, 5) is 5.18. The molecule has 1 aliphatic heterocycles. The van der Waals surface area contributed by atoms with Crippen molar-refractivity contribution in [2.45, 2.75) is 19.8 Å². The summed E-state index contributed by atoms with van der Waals surface area (Å²) in [5.41, 5.74) is 1.59. The molecule has 1 atom stereocenters. The average molecular weight is 233 g/mol. The number of rotatable bonds is 1. The lowest BCUT2D eigenvalue weighted by molar-refractivity contribution is 0.446. The van der Waals surface area contributed by atoms with Crippen LogP contribution in [0.25, 0.3) is 0 Å². The second kappa shape index (κ2) is 4.67. The molecule has 1 N–H and O–H groups in total. The van der Waals surface area contributed by atoms with E-state index in [4.69, 9.17) is 17.5 Å². The molecule has 0 bridgehead atoms. The zero-order chi connectivity index (χ0) is 11.5. The number of piperidine rings is 1. The molecule has 3 nitrogen and oxygen atoms in total. The van der Waals surface area contributed by atoms with Crippen LogP contribution in [-0.2, 0) is 0 Å². The Hall–Kier alpha value is -1.34. The topological polar surface area (TPSA) is 42.8 Å². The molecule has 1 aromatic heterocycles. The molecule has 1 saturated heterocycles. The van der Waals surface area contributed by atoms with E-state index in [2.05, 4.69) is 22.9 Å². The van der Waals surface area contributed by atoms with Crippen LogP contribution >= 0.6 is 12.2 Å². The minimum Gasteiger partial charge on any atom is -0.370 e. The molecule has 0 amide bonds. The Morgan fingerprint density at radius 1 is 1.62 bits per heavy atom. The van der Waals surface area contributed by atoms with Crippen molar-refractivity contribution in [2.24, 2.45) is 5.92 Å². The van der Waals surface area contributed by atoms with E-state index < -0.39 is 0 Å². The monoisotopic (exact) mass is 233 g/mol. The third kappa shape index (κ3) is 2.10. The van der Waals surface area contributed by atoms with Crippen molar-refractivity contribution < 1.29 is 0 Å². The van der Waals surface area contributed by atoms with Crippen LogP contribution in [0.5, 0.6) is 0 Å². The quantitative estimate of drug-likeness (QED) is 0.758. The Bertz CT molecular complexity index is 472. The highest BCUT2D eigenvalue weighted by atomic mass is 32.1. The van der Waals surface area contributed by atoms with E-state index in [1.807, 2.05) is 12.3 Å². The average Bonchev–Trinajstić information content (AvgIpc) is 2.28. The van der Waals surface area contributed by atoms with Crippen LogP contribution in [0.2, 0.25) is 0 Å². The molecule has 2 rings (SSSR count). The Labute approximate surface area is 101 Å². The molecular formula is C12H15N3S. The van der Waals surface area contributed by atoms with Crippen molar-refractivity contribution in [2.75, 3.05) is 18.0 Å². The second-order valence-corrected chi connectivity index (χ2v) is 4.78. The molecule has 0 radical (unpaired) electrons. The fourth-order valence-corrected chi connectivity index (χ4v) is 2.47. The van der Waals surface area contributed by atoms with Crippen molar-refractivity contribution in [3.63, 3.8) is 0 Å². The van der Waals surface area contributed by atoms with Crippen molar-refractivity contribution in [1.82, 2.24) is 4.98 Å². The van der Waals surface area contributed by atoms with Gasteiger partial charge in [-0.05, 0) is 24.8 Å². The molecular weight excluding hydrogens is 218 g/mol. The SMILES string of the molecule is CC1CCCN(c2cc[nH]c(=S)c2C#N)C1. The van der Waals surface area contributed by atoms with E-state index in [1.165, 1.54) is 12.8 Å². The van der Waals surface area contributed by atoms with Gasteiger partial charge in [0.1, 0.15) is 16.3 Å². The van der Waals surface area contributed by atoms with Gasteiger partial charge in [0, 0.05) is 19.3 Å². The first-order valence-electron chi connectivity index (χ1n) is 5.59. The molecule has 1 fully saturated rings. The maximum atomic E-state index is 9.13. The molecule has 1 aromatic rings. The first-order valence-corrected chi connectivity index (χ1v) is 6.00.